The van der Waals surface area contributed by atoms with Crippen LogP contribution >= 0.6 is 0 Å². The van der Waals surface area contributed by atoms with Gasteiger partial charge in [-0.3, -0.25) is 9.78 Å². The van der Waals surface area contributed by atoms with Gasteiger partial charge >= 0.3 is 0 Å². The molecule has 0 bridgehead atoms. The molecule has 3 heteroatoms. The highest BCUT2D eigenvalue weighted by molar-refractivity contribution is 5.77. The minimum absolute atomic E-state index is 0.169. The standard InChI is InChI=1S/C9H10N2O/c1-2-7-4-3-5-11-8(7)6-9(10)12/h2-5H,1,6H2,(H2,10,12). The molecule has 0 aliphatic carbocycles. The van der Waals surface area contributed by atoms with Crippen LogP contribution in [0.3, 0.4) is 0 Å². The summed E-state index contributed by atoms with van der Waals surface area (Å²) in [6, 6.07) is 3.64. The van der Waals surface area contributed by atoms with E-state index in [0.29, 0.717) is 5.69 Å². The highest BCUT2D eigenvalue weighted by Gasteiger charge is 2.02. The second kappa shape index (κ2) is 3.67. The molecule has 0 atom stereocenters. The van der Waals surface area contributed by atoms with Gasteiger partial charge < -0.3 is 5.73 Å². The lowest BCUT2D eigenvalue weighted by molar-refractivity contribution is -0.117. The molecule has 0 unspecified atom stereocenters. The van der Waals surface area contributed by atoms with Crippen LogP contribution in [0.25, 0.3) is 6.08 Å². The fourth-order valence-corrected chi connectivity index (χ4v) is 0.949. The van der Waals surface area contributed by atoms with Crippen molar-refractivity contribution in [1.82, 2.24) is 4.98 Å². The van der Waals surface area contributed by atoms with Crippen LogP contribution in [0.5, 0.6) is 0 Å². The van der Waals surface area contributed by atoms with Crippen LogP contribution in [0.2, 0.25) is 0 Å². The van der Waals surface area contributed by atoms with E-state index in [2.05, 4.69) is 11.6 Å². The highest BCUT2D eigenvalue weighted by Crippen LogP contribution is 2.06. The molecule has 3 nitrogen and oxygen atoms in total. The maximum absolute atomic E-state index is 10.6. The van der Waals surface area contributed by atoms with E-state index in [9.17, 15) is 4.79 Å². The minimum Gasteiger partial charge on any atom is -0.369 e. The van der Waals surface area contributed by atoms with Crippen LogP contribution in [0.4, 0.5) is 0 Å². The predicted octanol–water partition coefficient (Wildman–Crippen LogP) is 0.752. The Labute approximate surface area is 70.9 Å². The fraction of sp³-hybridized carbons (Fsp3) is 0.111. The zero-order valence-electron chi connectivity index (χ0n) is 6.66. The van der Waals surface area contributed by atoms with E-state index >= 15 is 0 Å². The van der Waals surface area contributed by atoms with Gasteiger partial charge in [0.2, 0.25) is 5.91 Å². The van der Waals surface area contributed by atoms with E-state index in [-0.39, 0.29) is 12.3 Å². The molecular weight excluding hydrogens is 152 g/mol. The Morgan fingerprint density at radius 2 is 2.50 bits per heavy atom. The van der Waals surface area contributed by atoms with Gasteiger partial charge in [-0.2, -0.15) is 0 Å². The van der Waals surface area contributed by atoms with Gasteiger partial charge in [-0.1, -0.05) is 18.7 Å². The topological polar surface area (TPSA) is 56.0 Å². The average molecular weight is 162 g/mol. The molecule has 0 aliphatic rings. The largest absolute Gasteiger partial charge is 0.369 e. The van der Waals surface area contributed by atoms with Crippen molar-refractivity contribution < 1.29 is 4.79 Å². The van der Waals surface area contributed by atoms with Crippen LogP contribution in [0.1, 0.15) is 11.3 Å². The van der Waals surface area contributed by atoms with E-state index in [1.165, 1.54) is 0 Å². The number of primary amides is 1. The molecule has 0 saturated carbocycles. The van der Waals surface area contributed by atoms with E-state index in [1.54, 1.807) is 18.3 Å². The Kier molecular flexibility index (Phi) is 2.58. The summed E-state index contributed by atoms with van der Waals surface area (Å²) in [5.41, 5.74) is 6.57. The molecular formula is C9H10N2O. The maximum Gasteiger partial charge on any atom is 0.223 e. The van der Waals surface area contributed by atoms with Crippen molar-refractivity contribution in [3.8, 4) is 0 Å². The van der Waals surface area contributed by atoms with Crippen LogP contribution in [-0.4, -0.2) is 10.9 Å². The van der Waals surface area contributed by atoms with Crippen molar-refractivity contribution in [3.63, 3.8) is 0 Å². The highest BCUT2D eigenvalue weighted by atomic mass is 16.1. The van der Waals surface area contributed by atoms with Gasteiger partial charge in [0.1, 0.15) is 0 Å². The van der Waals surface area contributed by atoms with E-state index in [0.717, 1.165) is 5.56 Å². The van der Waals surface area contributed by atoms with Crippen molar-refractivity contribution in [1.29, 1.82) is 0 Å². The van der Waals surface area contributed by atoms with Gasteiger partial charge in [-0.05, 0) is 11.6 Å². The number of pyridine rings is 1. The third-order valence-electron chi connectivity index (χ3n) is 1.49. The molecule has 62 valence electrons. The van der Waals surface area contributed by atoms with Gasteiger partial charge in [0.25, 0.3) is 0 Å². The van der Waals surface area contributed by atoms with Gasteiger partial charge in [0.05, 0.1) is 12.1 Å². The molecule has 1 heterocycles. The molecule has 0 saturated heterocycles. The summed E-state index contributed by atoms with van der Waals surface area (Å²) in [5, 5.41) is 0. The Morgan fingerprint density at radius 3 is 3.08 bits per heavy atom. The Hall–Kier alpha value is -1.64. The van der Waals surface area contributed by atoms with E-state index in [1.807, 2.05) is 6.07 Å². The number of aromatic nitrogens is 1. The molecule has 2 N–H and O–H groups in total. The smallest absolute Gasteiger partial charge is 0.223 e. The maximum atomic E-state index is 10.6. The van der Waals surface area contributed by atoms with Crippen molar-refractivity contribution in [2.45, 2.75) is 6.42 Å². The number of nitrogens with zero attached hydrogens (tertiary/aromatic N) is 1. The first-order valence-corrected chi connectivity index (χ1v) is 3.58. The summed E-state index contributed by atoms with van der Waals surface area (Å²) in [4.78, 5) is 14.6. The molecule has 1 aromatic rings. The number of carbonyl (C=O) groups excluding carboxylic acids is 1. The number of hydrogen-bond acceptors (Lipinski definition) is 2. The van der Waals surface area contributed by atoms with Gasteiger partial charge in [0, 0.05) is 6.20 Å². The molecule has 0 aromatic carbocycles. The van der Waals surface area contributed by atoms with Crippen molar-refractivity contribution in [2.24, 2.45) is 5.73 Å². The summed E-state index contributed by atoms with van der Waals surface area (Å²) in [7, 11) is 0. The SMILES string of the molecule is C=Cc1cccnc1CC(N)=O. The van der Waals surface area contributed by atoms with Crippen LogP contribution in [-0.2, 0) is 11.2 Å². The molecule has 1 aromatic heterocycles. The van der Waals surface area contributed by atoms with Gasteiger partial charge in [-0.15, -0.1) is 0 Å². The lowest BCUT2D eigenvalue weighted by Gasteiger charge is -2.00. The second-order valence-electron chi connectivity index (χ2n) is 2.39. The number of rotatable bonds is 3. The number of carbonyl (C=O) groups is 1. The van der Waals surface area contributed by atoms with Crippen molar-refractivity contribution >= 4 is 12.0 Å². The molecule has 0 aliphatic heterocycles. The predicted molar refractivity (Wildman–Crippen MR) is 47.2 cm³/mol. The summed E-state index contributed by atoms with van der Waals surface area (Å²) < 4.78 is 0. The van der Waals surface area contributed by atoms with Gasteiger partial charge in [-0.25, -0.2) is 0 Å². The Morgan fingerprint density at radius 1 is 1.75 bits per heavy atom. The molecule has 12 heavy (non-hydrogen) atoms. The third kappa shape index (κ3) is 1.92. The van der Waals surface area contributed by atoms with Crippen LogP contribution in [0, 0.1) is 0 Å². The second-order valence-corrected chi connectivity index (χ2v) is 2.39. The average Bonchev–Trinajstić information content (AvgIpc) is 2.04. The summed E-state index contributed by atoms with van der Waals surface area (Å²) in [6.45, 7) is 3.61. The van der Waals surface area contributed by atoms with Gasteiger partial charge in [0.15, 0.2) is 0 Å². The monoisotopic (exact) mass is 162 g/mol. The minimum atomic E-state index is -0.378. The zero-order valence-corrected chi connectivity index (χ0v) is 6.66. The lowest BCUT2D eigenvalue weighted by Crippen LogP contribution is -2.15. The van der Waals surface area contributed by atoms with Crippen LogP contribution < -0.4 is 5.73 Å². The molecule has 1 amide bonds. The summed E-state index contributed by atoms with van der Waals surface area (Å²) in [5.74, 6) is -0.378. The third-order valence-corrected chi connectivity index (χ3v) is 1.49. The first-order valence-electron chi connectivity index (χ1n) is 3.58. The first kappa shape index (κ1) is 8.46. The quantitative estimate of drug-likeness (QED) is 0.713. The first-order chi connectivity index (χ1) is 5.74. The zero-order chi connectivity index (χ0) is 8.97. The lowest BCUT2D eigenvalue weighted by atomic mass is 10.1. The van der Waals surface area contributed by atoms with E-state index < -0.39 is 0 Å². The number of amides is 1. The molecule has 1 rings (SSSR count). The Balaban J connectivity index is 2.96. The Bertz CT molecular complexity index is 307. The molecule has 0 spiro atoms. The number of nitrogens with two attached hydrogens (primary N) is 1. The normalized spacial score (nSPS) is 9.33. The van der Waals surface area contributed by atoms with E-state index in [4.69, 9.17) is 5.73 Å². The summed E-state index contributed by atoms with van der Waals surface area (Å²) in [6.07, 6.45) is 3.46. The molecule has 0 fully saturated rings. The summed E-state index contributed by atoms with van der Waals surface area (Å²) >= 11 is 0. The van der Waals surface area contributed by atoms with Crippen molar-refractivity contribution in [2.75, 3.05) is 0 Å². The van der Waals surface area contributed by atoms with Crippen molar-refractivity contribution in [3.05, 3.63) is 36.2 Å². The van der Waals surface area contributed by atoms with Crippen LogP contribution in [0.15, 0.2) is 24.9 Å². The number of hydrogen-bond donors (Lipinski definition) is 1. The fourth-order valence-electron chi connectivity index (χ4n) is 0.949. The molecule has 0 radical (unpaired) electrons.